The van der Waals surface area contributed by atoms with Crippen molar-refractivity contribution in [2.45, 2.75) is 0 Å². The van der Waals surface area contributed by atoms with E-state index in [0.717, 1.165) is 52.7 Å². The molecular formula is C27H30N8O3S. The van der Waals surface area contributed by atoms with Gasteiger partial charge in [0.05, 0.1) is 35.6 Å². The van der Waals surface area contributed by atoms with Crippen LogP contribution in [0.3, 0.4) is 0 Å². The van der Waals surface area contributed by atoms with Gasteiger partial charge < -0.3 is 25.4 Å². The molecular weight excluding hydrogens is 516 g/mol. The van der Waals surface area contributed by atoms with Crippen LogP contribution < -0.4 is 10.6 Å². The van der Waals surface area contributed by atoms with Crippen molar-refractivity contribution in [3.8, 4) is 21.8 Å². The van der Waals surface area contributed by atoms with Gasteiger partial charge in [-0.25, -0.2) is 19.9 Å². The molecule has 0 unspecified atom stereocenters. The van der Waals surface area contributed by atoms with Gasteiger partial charge in [0, 0.05) is 68.6 Å². The van der Waals surface area contributed by atoms with Crippen LogP contribution in [0.5, 0.6) is 0 Å². The van der Waals surface area contributed by atoms with E-state index in [-0.39, 0.29) is 18.5 Å². The molecule has 3 aromatic heterocycles. The predicted molar refractivity (Wildman–Crippen MR) is 151 cm³/mol. The lowest BCUT2D eigenvalue weighted by molar-refractivity contribution is 0.0615. The number of ether oxygens (including phenoxy) is 1. The van der Waals surface area contributed by atoms with Crippen LogP contribution in [0.25, 0.3) is 32.0 Å². The van der Waals surface area contributed by atoms with Crippen molar-refractivity contribution < 1.29 is 14.6 Å². The Morgan fingerprint density at radius 3 is 2.51 bits per heavy atom. The number of hydrogen-bond acceptors (Lipinski definition) is 11. The zero-order valence-corrected chi connectivity index (χ0v) is 22.3. The maximum absolute atomic E-state index is 13.3. The lowest BCUT2D eigenvalue weighted by atomic mass is 10.1. The molecule has 39 heavy (non-hydrogen) atoms. The van der Waals surface area contributed by atoms with Crippen molar-refractivity contribution in [2.75, 3.05) is 76.3 Å². The Kier molecular flexibility index (Phi) is 7.33. The number of anilines is 2. The van der Waals surface area contributed by atoms with Gasteiger partial charge in [0.2, 0.25) is 5.95 Å². The summed E-state index contributed by atoms with van der Waals surface area (Å²) in [7, 11) is 0. The molecule has 0 aliphatic carbocycles. The zero-order chi connectivity index (χ0) is 26.8. The Morgan fingerprint density at radius 2 is 1.77 bits per heavy atom. The Balaban J connectivity index is 1.33. The molecule has 202 valence electrons. The molecule has 0 bridgehead atoms. The van der Waals surface area contributed by atoms with Crippen molar-refractivity contribution in [3.05, 3.63) is 48.3 Å². The normalized spacial score (nSPS) is 16.6. The fourth-order valence-electron chi connectivity index (χ4n) is 4.93. The topological polar surface area (TPSA) is 134 Å². The van der Waals surface area contributed by atoms with E-state index in [9.17, 15) is 9.90 Å². The summed E-state index contributed by atoms with van der Waals surface area (Å²) in [6.07, 6.45) is 3.27. The second-order valence-electron chi connectivity index (χ2n) is 9.56. The standard InChI is InChI=1S/C27H30N8O3S/c28-27-29-16-20(17-30-27)24-31-21-15-22(39-23(21)25(32-24)34-9-12-38-13-10-34)18-2-1-3-19(14-18)26(37)35-6-4-33(5-7-35)8-11-36/h1-3,14-17,36H,4-13H2,(H2,28,29,30). The van der Waals surface area contributed by atoms with E-state index in [1.165, 1.54) is 0 Å². The maximum Gasteiger partial charge on any atom is 0.253 e. The smallest absolute Gasteiger partial charge is 0.253 e. The van der Waals surface area contributed by atoms with Crippen LogP contribution in [-0.4, -0.2) is 106 Å². The van der Waals surface area contributed by atoms with Gasteiger partial charge in [-0.1, -0.05) is 12.1 Å². The number of aliphatic hydroxyl groups is 1. The number of fused-ring (bicyclic) bond motifs is 1. The first kappa shape index (κ1) is 25.6. The summed E-state index contributed by atoms with van der Waals surface area (Å²) < 4.78 is 6.56. The van der Waals surface area contributed by atoms with Gasteiger partial charge in [-0.15, -0.1) is 11.3 Å². The summed E-state index contributed by atoms with van der Waals surface area (Å²) in [5.74, 6) is 1.63. The molecule has 5 heterocycles. The third kappa shape index (κ3) is 5.41. The lowest BCUT2D eigenvalue weighted by Gasteiger charge is -2.34. The van der Waals surface area contributed by atoms with E-state index in [1.54, 1.807) is 23.7 Å². The number of nitrogen functional groups attached to an aromatic ring is 1. The molecule has 2 aliphatic heterocycles. The summed E-state index contributed by atoms with van der Waals surface area (Å²) in [4.78, 5) is 38.6. The highest BCUT2D eigenvalue weighted by molar-refractivity contribution is 7.22. The first-order chi connectivity index (χ1) is 19.1. The summed E-state index contributed by atoms with van der Waals surface area (Å²) in [5, 5.41) is 9.19. The van der Waals surface area contributed by atoms with Gasteiger partial charge in [0.25, 0.3) is 5.91 Å². The Bertz CT molecular complexity index is 1460. The molecule has 6 rings (SSSR count). The van der Waals surface area contributed by atoms with Crippen LogP contribution in [-0.2, 0) is 4.74 Å². The molecule has 2 aliphatic rings. The van der Waals surface area contributed by atoms with Gasteiger partial charge in [-0.2, -0.15) is 0 Å². The first-order valence-corrected chi connectivity index (χ1v) is 13.9. The molecule has 1 aromatic carbocycles. The van der Waals surface area contributed by atoms with Crippen LogP contribution in [0.2, 0.25) is 0 Å². The molecule has 0 atom stereocenters. The Hall–Kier alpha value is -3.71. The molecule has 2 saturated heterocycles. The zero-order valence-electron chi connectivity index (χ0n) is 21.5. The van der Waals surface area contributed by atoms with Gasteiger partial charge >= 0.3 is 0 Å². The summed E-state index contributed by atoms with van der Waals surface area (Å²) >= 11 is 1.62. The molecule has 1 amide bonds. The van der Waals surface area contributed by atoms with Gasteiger partial charge in [-0.3, -0.25) is 9.69 Å². The van der Waals surface area contributed by atoms with Crippen molar-refractivity contribution in [1.29, 1.82) is 0 Å². The summed E-state index contributed by atoms with van der Waals surface area (Å²) in [6, 6.07) is 9.85. The largest absolute Gasteiger partial charge is 0.395 e. The minimum atomic E-state index is 0.0287. The van der Waals surface area contributed by atoms with Gasteiger partial charge in [0.15, 0.2) is 11.6 Å². The number of aliphatic hydroxyl groups excluding tert-OH is 1. The van der Waals surface area contributed by atoms with Crippen LogP contribution in [0.15, 0.2) is 42.7 Å². The maximum atomic E-state index is 13.3. The molecule has 4 aromatic rings. The minimum absolute atomic E-state index is 0.0287. The Morgan fingerprint density at radius 1 is 1.00 bits per heavy atom. The molecule has 0 saturated carbocycles. The number of carbonyl (C=O) groups is 1. The SMILES string of the molecule is Nc1ncc(-c2nc(N3CCOCC3)c3sc(-c4cccc(C(=O)N5CCN(CCO)CC5)c4)cc3n2)cn1. The van der Waals surface area contributed by atoms with Crippen LogP contribution >= 0.6 is 11.3 Å². The number of rotatable bonds is 6. The van der Waals surface area contributed by atoms with E-state index in [0.29, 0.717) is 49.8 Å². The summed E-state index contributed by atoms with van der Waals surface area (Å²) in [6.45, 7) is 6.40. The average molecular weight is 547 g/mol. The van der Waals surface area contributed by atoms with Crippen LogP contribution in [0, 0.1) is 0 Å². The number of nitrogens with two attached hydrogens (primary N) is 1. The highest BCUT2D eigenvalue weighted by Crippen LogP contribution is 2.39. The molecule has 2 fully saturated rings. The van der Waals surface area contributed by atoms with E-state index in [1.807, 2.05) is 29.2 Å². The van der Waals surface area contributed by atoms with Gasteiger partial charge in [0.1, 0.15) is 0 Å². The fourth-order valence-corrected chi connectivity index (χ4v) is 6.04. The predicted octanol–water partition coefficient (Wildman–Crippen LogP) is 1.98. The number of β-amino-alcohol motifs (C(OH)–C–C–N with tert-alkyl or cyclic N) is 1. The molecule has 3 N–H and O–H groups in total. The van der Waals surface area contributed by atoms with Crippen molar-refractivity contribution >= 4 is 39.2 Å². The number of carbonyl (C=O) groups excluding carboxylic acids is 1. The van der Waals surface area contributed by atoms with E-state index < -0.39 is 0 Å². The number of morpholine rings is 1. The van der Waals surface area contributed by atoms with Crippen LogP contribution in [0.4, 0.5) is 11.8 Å². The number of piperazine rings is 1. The molecule has 12 heteroatoms. The Labute approximate surface area is 229 Å². The fraction of sp³-hybridized carbons (Fsp3) is 0.370. The molecule has 0 spiro atoms. The number of nitrogens with zero attached hydrogens (tertiary/aromatic N) is 7. The third-order valence-electron chi connectivity index (χ3n) is 7.06. The van der Waals surface area contributed by atoms with Gasteiger partial charge in [-0.05, 0) is 23.8 Å². The number of hydrogen-bond donors (Lipinski definition) is 2. The molecule has 11 nitrogen and oxygen atoms in total. The highest BCUT2D eigenvalue weighted by Gasteiger charge is 2.24. The quantitative estimate of drug-likeness (QED) is 0.370. The first-order valence-electron chi connectivity index (χ1n) is 13.0. The number of thiophene rings is 1. The second-order valence-corrected chi connectivity index (χ2v) is 10.6. The van der Waals surface area contributed by atoms with Crippen LogP contribution in [0.1, 0.15) is 10.4 Å². The summed E-state index contributed by atoms with van der Waals surface area (Å²) in [5.41, 5.74) is 8.84. The van der Waals surface area contributed by atoms with E-state index in [4.69, 9.17) is 20.4 Å². The lowest BCUT2D eigenvalue weighted by Crippen LogP contribution is -2.49. The average Bonchev–Trinajstić information content (AvgIpc) is 3.42. The second kappa shape index (κ2) is 11.2. The van der Waals surface area contributed by atoms with Crippen molar-refractivity contribution in [2.24, 2.45) is 0 Å². The number of amides is 1. The number of aromatic nitrogens is 4. The monoisotopic (exact) mass is 546 g/mol. The van der Waals surface area contributed by atoms with Crippen molar-refractivity contribution in [1.82, 2.24) is 29.7 Å². The third-order valence-corrected chi connectivity index (χ3v) is 8.23. The molecule has 0 radical (unpaired) electrons. The van der Waals surface area contributed by atoms with E-state index in [2.05, 4.69) is 25.8 Å². The highest BCUT2D eigenvalue weighted by atomic mass is 32.1. The van der Waals surface area contributed by atoms with E-state index >= 15 is 0 Å². The number of benzene rings is 1. The van der Waals surface area contributed by atoms with Crippen molar-refractivity contribution in [3.63, 3.8) is 0 Å². The minimum Gasteiger partial charge on any atom is -0.395 e.